The summed E-state index contributed by atoms with van der Waals surface area (Å²) in [5, 5.41) is 14.2. The number of aromatic amines is 1. The minimum Gasteiger partial charge on any atom is -0.491 e. The number of aliphatic hydroxyl groups is 1. The first-order valence-corrected chi connectivity index (χ1v) is 8.72. The predicted octanol–water partition coefficient (Wildman–Crippen LogP) is 2.67. The molecule has 0 aliphatic heterocycles. The van der Waals surface area contributed by atoms with Gasteiger partial charge in [-0.1, -0.05) is 29.3 Å². The first-order chi connectivity index (χ1) is 12.5. The maximum atomic E-state index is 12.1. The quantitative estimate of drug-likeness (QED) is 0.611. The fraction of sp³-hybridized carbons (Fsp3) is 0.286. The third-order valence-electron chi connectivity index (χ3n) is 4.24. The Kier molecular flexibility index (Phi) is 5.71. The summed E-state index contributed by atoms with van der Waals surface area (Å²) >= 11 is 0. The molecule has 0 saturated carbocycles. The third-order valence-corrected chi connectivity index (χ3v) is 4.24. The molecule has 0 amide bonds. The normalized spacial score (nSPS) is 12.3. The average Bonchev–Trinajstić information content (AvgIpc) is 2.62. The van der Waals surface area contributed by atoms with Gasteiger partial charge in [0.25, 0.3) is 5.56 Å². The van der Waals surface area contributed by atoms with Crippen LogP contribution in [0.3, 0.4) is 0 Å². The van der Waals surface area contributed by atoms with Crippen molar-refractivity contribution in [2.45, 2.75) is 26.5 Å². The molecule has 26 heavy (non-hydrogen) atoms. The summed E-state index contributed by atoms with van der Waals surface area (Å²) in [7, 11) is 0. The molecule has 3 N–H and O–H groups in total. The number of rotatable bonds is 7. The summed E-state index contributed by atoms with van der Waals surface area (Å²) in [5.41, 5.74) is 3.67. The number of benzene rings is 2. The molecule has 0 aliphatic carbocycles. The van der Waals surface area contributed by atoms with Crippen LogP contribution in [0.5, 0.6) is 5.75 Å². The number of hydrogen-bond acceptors (Lipinski definition) is 4. The first-order valence-electron chi connectivity index (χ1n) is 8.72. The van der Waals surface area contributed by atoms with E-state index in [1.54, 1.807) is 0 Å². The molecule has 0 spiro atoms. The van der Waals surface area contributed by atoms with Crippen LogP contribution < -0.4 is 15.6 Å². The van der Waals surface area contributed by atoms with E-state index in [4.69, 9.17) is 4.74 Å². The number of fused-ring (bicyclic) bond motifs is 1. The van der Waals surface area contributed by atoms with Crippen molar-refractivity contribution < 1.29 is 9.84 Å². The van der Waals surface area contributed by atoms with Gasteiger partial charge < -0.3 is 20.1 Å². The minimum atomic E-state index is -0.655. The molecule has 136 valence electrons. The van der Waals surface area contributed by atoms with Crippen LogP contribution in [0, 0.1) is 13.8 Å². The second-order valence-corrected chi connectivity index (χ2v) is 6.62. The standard InChI is InChI=1S/C21H24N2O3/c1-14-3-6-19(7-4-14)26-13-18(24)12-22-11-17-10-16-9-15(2)5-8-20(16)23-21(17)25/h3-10,18,22,24H,11-13H2,1-2H3,(H,23,25)/t18-/m1/s1. The lowest BCUT2D eigenvalue weighted by Gasteiger charge is -2.13. The summed E-state index contributed by atoms with van der Waals surface area (Å²) in [5.74, 6) is 0.732. The molecule has 0 unspecified atom stereocenters. The van der Waals surface area contributed by atoms with Crippen molar-refractivity contribution in [3.63, 3.8) is 0 Å². The molecule has 0 aliphatic rings. The third kappa shape index (κ3) is 4.71. The van der Waals surface area contributed by atoms with Crippen LogP contribution >= 0.6 is 0 Å². The summed E-state index contributed by atoms with van der Waals surface area (Å²) in [6.07, 6.45) is -0.655. The Morgan fingerprint density at radius 1 is 1.08 bits per heavy atom. The zero-order valence-electron chi connectivity index (χ0n) is 15.1. The topological polar surface area (TPSA) is 74.3 Å². The second kappa shape index (κ2) is 8.17. The van der Waals surface area contributed by atoms with Gasteiger partial charge in [0.2, 0.25) is 0 Å². The van der Waals surface area contributed by atoms with Crippen LogP contribution in [0.25, 0.3) is 10.9 Å². The highest BCUT2D eigenvalue weighted by Gasteiger charge is 2.07. The molecule has 1 aromatic heterocycles. The predicted molar refractivity (Wildman–Crippen MR) is 104 cm³/mol. The van der Waals surface area contributed by atoms with Gasteiger partial charge in [0.05, 0.1) is 0 Å². The van der Waals surface area contributed by atoms with Gasteiger partial charge in [-0.15, -0.1) is 0 Å². The van der Waals surface area contributed by atoms with Crippen molar-refractivity contribution in [3.05, 3.63) is 75.6 Å². The van der Waals surface area contributed by atoms with Crippen LogP contribution in [-0.2, 0) is 6.54 Å². The molecule has 3 rings (SSSR count). The fourth-order valence-corrected chi connectivity index (χ4v) is 2.76. The largest absolute Gasteiger partial charge is 0.491 e. The number of aliphatic hydroxyl groups excluding tert-OH is 1. The summed E-state index contributed by atoms with van der Waals surface area (Å²) in [6, 6.07) is 15.5. The van der Waals surface area contributed by atoms with E-state index in [9.17, 15) is 9.90 Å². The Bertz CT molecular complexity index is 932. The van der Waals surface area contributed by atoms with Gasteiger partial charge in [-0.2, -0.15) is 0 Å². The van der Waals surface area contributed by atoms with E-state index in [2.05, 4.69) is 10.3 Å². The average molecular weight is 352 g/mol. The first kappa shape index (κ1) is 18.2. The van der Waals surface area contributed by atoms with E-state index in [0.717, 1.165) is 27.8 Å². The van der Waals surface area contributed by atoms with Gasteiger partial charge in [-0.05, 0) is 49.6 Å². The van der Waals surface area contributed by atoms with Crippen LogP contribution in [0.2, 0.25) is 0 Å². The van der Waals surface area contributed by atoms with E-state index in [1.807, 2.05) is 62.4 Å². The molecule has 3 aromatic rings. The zero-order valence-corrected chi connectivity index (χ0v) is 15.1. The van der Waals surface area contributed by atoms with Crippen molar-refractivity contribution in [1.82, 2.24) is 10.3 Å². The maximum Gasteiger partial charge on any atom is 0.252 e. The van der Waals surface area contributed by atoms with Crippen LogP contribution in [0.4, 0.5) is 0 Å². The SMILES string of the molecule is Cc1ccc(OC[C@H](O)CNCc2cc3cc(C)ccc3[nH]c2=O)cc1. The lowest BCUT2D eigenvalue weighted by atomic mass is 10.1. The van der Waals surface area contributed by atoms with E-state index >= 15 is 0 Å². The number of H-pyrrole nitrogens is 1. The van der Waals surface area contributed by atoms with Gasteiger partial charge in [0.1, 0.15) is 18.5 Å². The molecule has 0 fully saturated rings. The molecule has 1 heterocycles. The van der Waals surface area contributed by atoms with Gasteiger partial charge in [0, 0.05) is 24.2 Å². The lowest BCUT2D eigenvalue weighted by molar-refractivity contribution is 0.106. The summed E-state index contributed by atoms with van der Waals surface area (Å²) < 4.78 is 5.56. The highest BCUT2D eigenvalue weighted by molar-refractivity contribution is 5.79. The van der Waals surface area contributed by atoms with Crippen molar-refractivity contribution in [2.24, 2.45) is 0 Å². The molecular formula is C21H24N2O3. The summed E-state index contributed by atoms with van der Waals surface area (Å²) in [6.45, 7) is 4.96. The van der Waals surface area contributed by atoms with E-state index in [1.165, 1.54) is 0 Å². The van der Waals surface area contributed by atoms with E-state index < -0.39 is 6.10 Å². The smallest absolute Gasteiger partial charge is 0.252 e. The highest BCUT2D eigenvalue weighted by atomic mass is 16.5. The Morgan fingerprint density at radius 2 is 1.81 bits per heavy atom. The molecule has 5 heteroatoms. The van der Waals surface area contributed by atoms with Gasteiger partial charge in [-0.3, -0.25) is 4.79 Å². The fourth-order valence-electron chi connectivity index (χ4n) is 2.76. The van der Waals surface area contributed by atoms with Gasteiger partial charge in [0.15, 0.2) is 0 Å². The highest BCUT2D eigenvalue weighted by Crippen LogP contribution is 2.13. The maximum absolute atomic E-state index is 12.1. The van der Waals surface area contributed by atoms with Crippen LogP contribution in [0.1, 0.15) is 16.7 Å². The monoisotopic (exact) mass is 352 g/mol. The van der Waals surface area contributed by atoms with Crippen molar-refractivity contribution in [1.29, 1.82) is 0 Å². The summed E-state index contributed by atoms with van der Waals surface area (Å²) in [4.78, 5) is 15.0. The second-order valence-electron chi connectivity index (χ2n) is 6.62. The van der Waals surface area contributed by atoms with E-state index in [-0.39, 0.29) is 12.2 Å². The molecule has 5 nitrogen and oxygen atoms in total. The number of nitrogens with one attached hydrogen (secondary N) is 2. The van der Waals surface area contributed by atoms with Crippen LogP contribution in [-0.4, -0.2) is 29.3 Å². The van der Waals surface area contributed by atoms with Crippen molar-refractivity contribution in [3.8, 4) is 5.75 Å². The molecule has 0 bridgehead atoms. The molecule has 0 saturated heterocycles. The Labute approximate surface area is 152 Å². The van der Waals surface area contributed by atoms with Crippen molar-refractivity contribution >= 4 is 10.9 Å². The Balaban J connectivity index is 1.52. The number of ether oxygens (including phenoxy) is 1. The molecular weight excluding hydrogens is 328 g/mol. The minimum absolute atomic E-state index is 0.112. The van der Waals surface area contributed by atoms with Crippen molar-refractivity contribution in [2.75, 3.05) is 13.2 Å². The molecule has 1 atom stereocenters. The van der Waals surface area contributed by atoms with E-state index in [0.29, 0.717) is 18.7 Å². The zero-order chi connectivity index (χ0) is 18.5. The Morgan fingerprint density at radius 3 is 2.58 bits per heavy atom. The number of aromatic nitrogens is 1. The lowest BCUT2D eigenvalue weighted by Crippen LogP contribution is -2.32. The van der Waals surface area contributed by atoms with Gasteiger partial charge in [-0.25, -0.2) is 0 Å². The number of aryl methyl sites for hydroxylation is 2. The molecule has 2 aromatic carbocycles. The molecule has 0 radical (unpaired) electrons. The number of hydrogen-bond donors (Lipinski definition) is 3. The van der Waals surface area contributed by atoms with Crippen LogP contribution in [0.15, 0.2) is 53.3 Å². The Hall–Kier alpha value is -2.63. The number of pyridine rings is 1. The van der Waals surface area contributed by atoms with Gasteiger partial charge >= 0.3 is 0 Å².